The van der Waals surface area contributed by atoms with Gasteiger partial charge in [0, 0.05) is 23.0 Å². The number of alkyl halides is 3. The molecule has 8 heteroatoms. The maximum Gasteiger partial charge on any atom is 0.450 e. The van der Waals surface area contributed by atoms with E-state index in [-0.39, 0.29) is 17.1 Å². The topological polar surface area (TPSA) is 56.1 Å². The molecule has 0 spiro atoms. The number of fused-ring (bicyclic) bond motifs is 1. The Morgan fingerprint density at radius 3 is 2.33 bits per heavy atom. The van der Waals surface area contributed by atoms with E-state index in [0.29, 0.717) is 22.5 Å². The van der Waals surface area contributed by atoms with Crippen LogP contribution in [0, 0.1) is 0 Å². The van der Waals surface area contributed by atoms with Crippen LogP contribution in [0.5, 0.6) is 5.75 Å². The van der Waals surface area contributed by atoms with Crippen LogP contribution in [-0.4, -0.2) is 22.6 Å². The lowest BCUT2D eigenvalue weighted by atomic mass is 10.2. The Morgan fingerprint density at radius 2 is 1.70 bits per heavy atom. The van der Waals surface area contributed by atoms with Crippen molar-refractivity contribution in [3.8, 4) is 11.4 Å². The smallest absolute Gasteiger partial charge is 0.450 e. The minimum absolute atomic E-state index is 0.170. The zero-order valence-electron chi connectivity index (χ0n) is 15.8. The highest BCUT2D eigenvalue weighted by atomic mass is 19.4. The standard InChI is InChI=1S/C22H16F3N3O2/c1-30-17-11-12-19-18(13-17)27-21(22(23,24)25)28(19)16-9-7-15(8-10-16)26-20(29)14-5-3-2-4-6-14/h2-13H,1H3,(H,26,29). The van der Waals surface area contributed by atoms with Gasteiger partial charge in [-0.2, -0.15) is 13.2 Å². The molecule has 0 radical (unpaired) electrons. The van der Waals surface area contributed by atoms with Crippen LogP contribution in [-0.2, 0) is 6.18 Å². The van der Waals surface area contributed by atoms with Crippen molar-refractivity contribution in [2.24, 2.45) is 0 Å². The van der Waals surface area contributed by atoms with Crippen LogP contribution in [0.1, 0.15) is 16.2 Å². The SMILES string of the molecule is COc1ccc2c(c1)nc(C(F)(F)F)n2-c1ccc(NC(=O)c2ccccc2)cc1. The van der Waals surface area contributed by atoms with Crippen molar-refractivity contribution < 1.29 is 22.7 Å². The molecule has 1 aromatic heterocycles. The fourth-order valence-electron chi connectivity index (χ4n) is 3.13. The lowest BCUT2D eigenvalue weighted by Gasteiger charge is -2.12. The average molecular weight is 411 g/mol. The number of aromatic nitrogens is 2. The van der Waals surface area contributed by atoms with E-state index in [1.807, 2.05) is 0 Å². The molecule has 3 aromatic carbocycles. The number of ether oxygens (including phenoxy) is 1. The van der Waals surface area contributed by atoms with Gasteiger partial charge in [0.2, 0.25) is 5.82 Å². The van der Waals surface area contributed by atoms with Gasteiger partial charge in [-0.15, -0.1) is 0 Å². The molecule has 152 valence electrons. The first-order valence-electron chi connectivity index (χ1n) is 8.97. The molecule has 0 saturated carbocycles. The molecular weight excluding hydrogens is 395 g/mol. The van der Waals surface area contributed by atoms with E-state index >= 15 is 0 Å². The number of nitrogens with one attached hydrogen (secondary N) is 1. The lowest BCUT2D eigenvalue weighted by Crippen LogP contribution is -2.14. The third-order valence-corrected chi connectivity index (χ3v) is 4.53. The Labute approximate surface area is 169 Å². The molecule has 0 fully saturated rings. The lowest BCUT2D eigenvalue weighted by molar-refractivity contribution is -0.145. The quantitative estimate of drug-likeness (QED) is 0.496. The predicted molar refractivity (Wildman–Crippen MR) is 107 cm³/mol. The summed E-state index contributed by atoms with van der Waals surface area (Å²) in [7, 11) is 1.44. The Kier molecular flexibility index (Phi) is 4.91. The number of amides is 1. The van der Waals surface area contributed by atoms with Gasteiger partial charge in [0.05, 0.1) is 18.1 Å². The Morgan fingerprint density at radius 1 is 1.00 bits per heavy atom. The first kappa shape index (κ1) is 19.5. The summed E-state index contributed by atoms with van der Waals surface area (Å²) in [6.45, 7) is 0. The molecule has 1 amide bonds. The number of halogens is 3. The summed E-state index contributed by atoms with van der Waals surface area (Å²) in [6.07, 6.45) is -4.65. The van der Waals surface area contributed by atoms with Crippen LogP contribution < -0.4 is 10.1 Å². The van der Waals surface area contributed by atoms with E-state index in [9.17, 15) is 18.0 Å². The highest BCUT2D eigenvalue weighted by Crippen LogP contribution is 2.35. The molecule has 0 aliphatic heterocycles. The summed E-state index contributed by atoms with van der Waals surface area (Å²) in [4.78, 5) is 16.0. The van der Waals surface area contributed by atoms with E-state index in [1.54, 1.807) is 48.5 Å². The van der Waals surface area contributed by atoms with Gasteiger partial charge in [-0.1, -0.05) is 18.2 Å². The molecule has 0 bridgehead atoms. The normalized spacial score (nSPS) is 11.5. The minimum atomic E-state index is -4.65. The molecule has 4 aromatic rings. The van der Waals surface area contributed by atoms with Crippen molar-refractivity contribution in [1.82, 2.24) is 9.55 Å². The van der Waals surface area contributed by atoms with Gasteiger partial charge in [0.15, 0.2) is 0 Å². The molecule has 0 unspecified atom stereocenters. The number of hydrogen-bond acceptors (Lipinski definition) is 3. The third-order valence-electron chi connectivity index (χ3n) is 4.53. The molecule has 1 N–H and O–H groups in total. The third kappa shape index (κ3) is 3.71. The highest BCUT2D eigenvalue weighted by molar-refractivity contribution is 6.04. The van der Waals surface area contributed by atoms with Crippen molar-refractivity contribution in [2.75, 3.05) is 12.4 Å². The second-order valence-corrected chi connectivity index (χ2v) is 6.49. The summed E-state index contributed by atoms with van der Waals surface area (Å²) >= 11 is 0. The van der Waals surface area contributed by atoms with E-state index in [2.05, 4.69) is 10.3 Å². The van der Waals surface area contributed by atoms with Crippen molar-refractivity contribution in [3.63, 3.8) is 0 Å². The summed E-state index contributed by atoms with van der Waals surface area (Å²) in [6, 6.07) is 19.3. The molecule has 30 heavy (non-hydrogen) atoms. The number of anilines is 1. The maximum absolute atomic E-state index is 13.6. The number of methoxy groups -OCH3 is 1. The second kappa shape index (κ2) is 7.55. The molecule has 4 rings (SSSR count). The van der Waals surface area contributed by atoms with Crippen LogP contribution >= 0.6 is 0 Å². The largest absolute Gasteiger partial charge is 0.497 e. The van der Waals surface area contributed by atoms with Crippen molar-refractivity contribution in [1.29, 1.82) is 0 Å². The highest BCUT2D eigenvalue weighted by Gasteiger charge is 2.38. The van der Waals surface area contributed by atoms with Crippen LogP contribution in [0.25, 0.3) is 16.7 Å². The fraction of sp³-hybridized carbons (Fsp3) is 0.0909. The van der Waals surface area contributed by atoms with Crippen LogP contribution in [0.3, 0.4) is 0 Å². The molecule has 1 heterocycles. The predicted octanol–water partition coefficient (Wildman–Crippen LogP) is 5.31. The van der Waals surface area contributed by atoms with Gasteiger partial charge in [-0.3, -0.25) is 9.36 Å². The van der Waals surface area contributed by atoms with Gasteiger partial charge in [-0.05, 0) is 48.5 Å². The average Bonchev–Trinajstić information content (AvgIpc) is 3.14. The molecule has 0 atom stereocenters. The van der Waals surface area contributed by atoms with E-state index in [4.69, 9.17) is 4.74 Å². The first-order chi connectivity index (χ1) is 14.4. The van der Waals surface area contributed by atoms with Gasteiger partial charge in [0.25, 0.3) is 5.91 Å². The summed E-state index contributed by atoms with van der Waals surface area (Å²) in [5.41, 5.74) is 1.68. The Bertz CT molecular complexity index is 1200. The first-order valence-corrected chi connectivity index (χ1v) is 8.97. The number of benzene rings is 3. The van der Waals surface area contributed by atoms with Crippen LogP contribution in [0.15, 0.2) is 72.8 Å². The number of imidazole rings is 1. The molecule has 0 saturated heterocycles. The van der Waals surface area contributed by atoms with Crippen LogP contribution in [0.4, 0.5) is 18.9 Å². The Hall–Kier alpha value is -3.81. The number of hydrogen-bond donors (Lipinski definition) is 1. The minimum Gasteiger partial charge on any atom is -0.497 e. The van der Waals surface area contributed by atoms with E-state index < -0.39 is 12.0 Å². The fourth-order valence-corrected chi connectivity index (χ4v) is 3.13. The second-order valence-electron chi connectivity index (χ2n) is 6.49. The number of carbonyl (C=O) groups is 1. The summed E-state index contributed by atoms with van der Waals surface area (Å²) < 4.78 is 47.0. The molecule has 0 aliphatic carbocycles. The number of rotatable bonds is 4. The molecule has 0 aliphatic rings. The zero-order valence-corrected chi connectivity index (χ0v) is 15.8. The summed E-state index contributed by atoms with van der Waals surface area (Å²) in [5.74, 6) is -0.925. The monoisotopic (exact) mass is 411 g/mol. The van der Waals surface area contributed by atoms with Crippen LogP contribution in [0.2, 0.25) is 0 Å². The molecular formula is C22H16F3N3O2. The van der Waals surface area contributed by atoms with Gasteiger partial charge >= 0.3 is 6.18 Å². The van der Waals surface area contributed by atoms with E-state index in [1.165, 1.54) is 31.4 Å². The number of nitrogens with zero attached hydrogens (tertiary/aromatic N) is 2. The zero-order chi connectivity index (χ0) is 21.3. The maximum atomic E-state index is 13.6. The van der Waals surface area contributed by atoms with Gasteiger partial charge in [0.1, 0.15) is 5.75 Å². The van der Waals surface area contributed by atoms with Crippen molar-refractivity contribution in [2.45, 2.75) is 6.18 Å². The van der Waals surface area contributed by atoms with Crippen molar-refractivity contribution >= 4 is 22.6 Å². The van der Waals surface area contributed by atoms with Crippen molar-refractivity contribution in [3.05, 3.63) is 84.2 Å². The van der Waals surface area contributed by atoms with Gasteiger partial charge in [-0.25, -0.2) is 4.98 Å². The van der Waals surface area contributed by atoms with Gasteiger partial charge < -0.3 is 10.1 Å². The van der Waals surface area contributed by atoms with E-state index in [0.717, 1.165) is 4.57 Å². The molecule has 5 nitrogen and oxygen atoms in total. The number of carbonyl (C=O) groups excluding carboxylic acids is 1. The Balaban J connectivity index is 1.71. The summed E-state index contributed by atoms with van der Waals surface area (Å²) in [5, 5.41) is 2.73.